The fourth-order valence-corrected chi connectivity index (χ4v) is 2.13. The van der Waals surface area contributed by atoms with E-state index in [0.717, 1.165) is 28.7 Å². The molecule has 2 N–H and O–H groups in total. The topological polar surface area (TPSA) is 54.0 Å². The van der Waals surface area contributed by atoms with Crippen LogP contribution in [0.1, 0.15) is 29.3 Å². The van der Waals surface area contributed by atoms with Gasteiger partial charge < -0.3 is 10.6 Å². The van der Waals surface area contributed by atoms with Crippen molar-refractivity contribution in [3.63, 3.8) is 0 Å². The Morgan fingerprint density at radius 1 is 1.29 bits per heavy atom. The van der Waals surface area contributed by atoms with Crippen LogP contribution >= 0.6 is 15.9 Å². The molecule has 0 bridgehead atoms. The van der Waals surface area contributed by atoms with E-state index >= 15 is 0 Å². The molecule has 1 aromatic heterocycles. The van der Waals surface area contributed by atoms with Crippen molar-refractivity contribution in [2.24, 2.45) is 0 Å². The van der Waals surface area contributed by atoms with E-state index in [9.17, 15) is 4.79 Å². The summed E-state index contributed by atoms with van der Waals surface area (Å²) in [7, 11) is 0. The van der Waals surface area contributed by atoms with Crippen LogP contribution in [0.2, 0.25) is 0 Å². The summed E-state index contributed by atoms with van der Waals surface area (Å²) in [5.74, 6) is 0.369. The van der Waals surface area contributed by atoms with Crippen LogP contribution in [-0.2, 0) is 0 Å². The van der Waals surface area contributed by atoms with E-state index in [1.54, 1.807) is 12.3 Å². The largest absolute Gasteiger partial charge is 0.384 e. The number of rotatable bonds is 5. The number of nitrogens with one attached hydrogen (secondary N) is 2. The minimum absolute atomic E-state index is 0.163. The first-order valence-electron chi connectivity index (χ1n) is 6.87. The van der Waals surface area contributed by atoms with Gasteiger partial charge in [0.25, 0.3) is 5.91 Å². The van der Waals surface area contributed by atoms with Gasteiger partial charge in [0.15, 0.2) is 0 Å². The minimum Gasteiger partial charge on any atom is -0.384 e. The van der Waals surface area contributed by atoms with Crippen molar-refractivity contribution >= 4 is 33.3 Å². The number of aryl methyl sites for hydroxylation is 1. The van der Waals surface area contributed by atoms with Gasteiger partial charge in [-0.2, -0.15) is 0 Å². The zero-order chi connectivity index (χ0) is 15.2. The van der Waals surface area contributed by atoms with Crippen LogP contribution in [0.5, 0.6) is 0 Å². The molecule has 1 heterocycles. The van der Waals surface area contributed by atoms with E-state index in [-0.39, 0.29) is 5.91 Å². The van der Waals surface area contributed by atoms with E-state index < -0.39 is 0 Å². The number of pyridine rings is 1. The lowest BCUT2D eigenvalue weighted by Gasteiger charge is -2.12. The van der Waals surface area contributed by atoms with Gasteiger partial charge in [0, 0.05) is 22.9 Å². The number of carbonyl (C=O) groups excluding carboxylic acids is 1. The predicted molar refractivity (Wildman–Crippen MR) is 89.8 cm³/mol. The first-order valence-corrected chi connectivity index (χ1v) is 7.67. The smallest absolute Gasteiger partial charge is 0.258 e. The zero-order valence-corrected chi connectivity index (χ0v) is 13.7. The van der Waals surface area contributed by atoms with Crippen LogP contribution in [0.25, 0.3) is 0 Å². The maximum absolute atomic E-state index is 12.4. The summed E-state index contributed by atoms with van der Waals surface area (Å²) in [6, 6.07) is 9.35. The van der Waals surface area contributed by atoms with Gasteiger partial charge in [-0.15, -0.1) is 0 Å². The van der Waals surface area contributed by atoms with Crippen LogP contribution in [0.4, 0.5) is 11.5 Å². The van der Waals surface area contributed by atoms with E-state index in [4.69, 9.17) is 0 Å². The van der Waals surface area contributed by atoms with Crippen molar-refractivity contribution in [3.05, 3.63) is 52.1 Å². The summed E-state index contributed by atoms with van der Waals surface area (Å²) in [6.45, 7) is 4.93. The monoisotopic (exact) mass is 347 g/mol. The van der Waals surface area contributed by atoms with E-state index in [0.29, 0.717) is 11.4 Å². The molecule has 1 aromatic carbocycles. The average molecular weight is 348 g/mol. The molecule has 110 valence electrons. The summed E-state index contributed by atoms with van der Waals surface area (Å²) in [5, 5.41) is 6.10. The highest BCUT2D eigenvalue weighted by Crippen LogP contribution is 2.19. The van der Waals surface area contributed by atoms with Crippen LogP contribution in [0.15, 0.2) is 41.0 Å². The normalized spacial score (nSPS) is 10.2. The molecule has 21 heavy (non-hydrogen) atoms. The third-order valence-electron chi connectivity index (χ3n) is 2.95. The lowest BCUT2D eigenvalue weighted by molar-refractivity contribution is 0.102. The summed E-state index contributed by atoms with van der Waals surface area (Å²) >= 11 is 3.32. The van der Waals surface area contributed by atoms with Crippen molar-refractivity contribution in [1.82, 2.24) is 4.98 Å². The predicted octanol–water partition coefficient (Wildman–Crippen LogP) is 4.23. The van der Waals surface area contributed by atoms with Crippen molar-refractivity contribution in [1.29, 1.82) is 0 Å². The molecule has 5 heteroatoms. The van der Waals surface area contributed by atoms with Gasteiger partial charge in [-0.1, -0.05) is 13.0 Å². The quantitative estimate of drug-likeness (QED) is 0.850. The first-order chi connectivity index (χ1) is 10.1. The average Bonchev–Trinajstić information content (AvgIpc) is 2.47. The molecule has 0 unspecified atom stereocenters. The van der Waals surface area contributed by atoms with E-state index in [1.807, 2.05) is 31.2 Å². The molecule has 4 nitrogen and oxygen atoms in total. The van der Waals surface area contributed by atoms with Crippen molar-refractivity contribution in [3.8, 4) is 0 Å². The molecule has 0 aliphatic carbocycles. The van der Waals surface area contributed by atoms with Crippen LogP contribution in [0, 0.1) is 6.92 Å². The Hall–Kier alpha value is -1.88. The van der Waals surface area contributed by atoms with Crippen molar-refractivity contribution in [2.45, 2.75) is 20.3 Å². The molecule has 0 saturated heterocycles. The first kappa shape index (κ1) is 15.5. The fraction of sp³-hybridized carbons (Fsp3) is 0.250. The van der Waals surface area contributed by atoms with Crippen molar-refractivity contribution in [2.75, 3.05) is 17.2 Å². The summed E-state index contributed by atoms with van der Waals surface area (Å²) < 4.78 is 0.876. The van der Waals surface area contributed by atoms with Gasteiger partial charge >= 0.3 is 0 Å². The molecule has 2 rings (SSSR count). The number of halogens is 1. The summed E-state index contributed by atoms with van der Waals surface area (Å²) in [6.07, 6.45) is 2.66. The SMILES string of the molecule is CCCNc1cc(C)ccc1C(=O)Nc1ccc(Br)cn1. The standard InChI is InChI=1S/C16H18BrN3O/c1-3-8-18-14-9-11(2)4-6-13(14)16(21)20-15-7-5-12(17)10-19-15/h4-7,9-10,18H,3,8H2,1-2H3,(H,19,20,21). The maximum Gasteiger partial charge on any atom is 0.258 e. The fourth-order valence-electron chi connectivity index (χ4n) is 1.90. The molecule has 1 amide bonds. The number of hydrogen-bond donors (Lipinski definition) is 2. The second-order valence-corrected chi connectivity index (χ2v) is 5.71. The molecule has 0 aliphatic heterocycles. The number of carbonyl (C=O) groups is 1. The van der Waals surface area contributed by atoms with Crippen LogP contribution in [0.3, 0.4) is 0 Å². The molecular weight excluding hydrogens is 330 g/mol. The highest BCUT2D eigenvalue weighted by Gasteiger charge is 2.12. The Morgan fingerprint density at radius 3 is 2.76 bits per heavy atom. The Kier molecular flexibility index (Phi) is 5.33. The van der Waals surface area contributed by atoms with Gasteiger partial charge in [-0.05, 0) is 59.1 Å². The van der Waals surface area contributed by atoms with Gasteiger partial charge in [0.05, 0.1) is 5.56 Å². The molecule has 0 saturated carbocycles. The number of hydrogen-bond acceptors (Lipinski definition) is 3. The number of anilines is 2. The van der Waals surface area contributed by atoms with Gasteiger partial charge in [-0.25, -0.2) is 4.98 Å². The zero-order valence-electron chi connectivity index (χ0n) is 12.1. The third-order valence-corrected chi connectivity index (χ3v) is 3.42. The number of nitrogens with zero attached hydrogens (tertiary/aromatic N) is 1. The molecule has 0 spiro atoms. The van der Waals surface area contributed by atoms with E-state index in [1.165, 1.54) is 0 Å². The molecule has 2 aromatic rings. The molecule has 0 atom stereocenters. The second kappa shape index (κ2) is 7.22. The third kappa shape index (κ3) is 4.29. The number of aromatic nitrogens is 1. The molecule has 0 aliphatic rings. The number of amides is 1. The van der Waals surface area contributed by atoms with E-state index in [2.05, 4.69) is 38.5 Å². The Balaban J connectivity index is 2.19. The second-order valence-electron chi connectivity index (χ2n) is 4.79. The lowest BCUT2D eigenvalue weighted by atomic mass is 10.1. The Bertz CT molecular complexity index is 626. The van der Waals surface area contributed by atoms with Crippen LogP contribution in [-0.4, -0.2) is 17.4 Å². The van der Waals surface area contributed by atoms with Gasteiger partial charge in [0.1, 0.15) is 5.82 Å². The minimum atomic E-state index is -0.163. The van der Waals surface area contributed by atoms with Gasteiger partial charge in [0.2, 0.25) is 0 Å². The maximum atomic E-state index is 12.4. The number of benzene rings is 1. The lowest BCUT2D eigenvalue weighted by Crippen LogP contribution is -2.16. The summed E-state index contributed by atoms with van der Waals surface area (Å²) in [4.78, 5) is 16.5. The Labute approximate surface area is 133 Å². The Morgan fingerprint density at radius 2 is 2.10 bits per heavy atom. The molecule has 0 radical (unpaired) electrons. The molecule has 0 fully saturated rings. The van der Waals surface area contributed by atoms with Crippen molar-refractivity contribution < 1.29 is 4.79 Å². The highest BCUT2D eigenvalue weighted by molar-refractivity contribution is 9.10. The molecular formula is C16H18BrN3O. The summed E-state index contributed by atoms with van der Waals surface area (Å²) in [5.41, 5.74) is 2.59. The van der Waals surface area contributed by atoms with Gasteiger partial charge in [-0.3, -0.25) is 4.79 Å². The highest BCUT2D eigenvalue weighted by atomic mass is 79.9. The van der Waals surface area contributed by atoms with Crippen LogP contribution < -0.4 is 10.6 Å².